The number of pyridine rings is 1. The van der Waals surface area contributed by atoms with Crippen molar-refractivity contribution >= 4 is 61.2 Å². The Morgan fingerprint density at radius 3 is 2.79 bits per heavy atom. The SMILES string of the molecule is Nc1c(C(=O)Nc2nccs2)sc2nc3c(c(-c4ccc(Cl)cc4)c12)CCC3. The fraction of sp³-hybridized carbons (Fsp3) is 0.150. The largest absolute Gasteiger partial charge is 0.397 e. The van der Waals surface area contributed by atoms with Gasteiger partial charge in [0.15, 0.2) is 5.13 Å². The van der Waals surface area contributed by atoms with Crippen molar-refractivity contribution in [1.29, 1.82) is 0 Å². The Labute approximate surface area is 174 Å². The number of thiazole rings is 1. The van der Waals surface area contributed by atoms with E-state index in [9.17, 15) is 4.79 Å². The average molecular weight is 427 g/mol. The van der Waals surface area contributed by atoms with Crippen molar-refractivity contribution in [1.82, 2.24) is 9.97 Å². The highest BCUT2D eigenvalue weighted by atomic mass is 35.5. The number of fused-ring (bicyclic) bond motifs is 2. The third kappa shape index (κ3) is 2.87. The van der Waals surface area contributed by atoms with E-state index < -0.39 is 0 Å². The van der Waals surface area contributed by atoms with Gasteiger partial charge in [-0.25, -0.2) is 9.97 Å². The molecule has 5 nitrogen and oxygen atoms in total. The molecule has 4 aromatic rings. The van der Waals surface area contributed by atoms with Crippen molar-refractivity contribution in [3.63, 3.8) is 0 Å². The number of aromatic nitrogens is 2. The summed E-state index contributed by atoms with van der Waals surface area (Å²) in [7, 11) is 0. The number of nitrogens with zero attached hydrogens (tertiary/aromatic N) is 2. The van der Waals surface area contributed by atoms with Crippen LogP contribution in [-0.2, 0) is 12.8 Å². The smallest absolute Gasteiger partial charge is 0.269 e. The lowest BCUT2D eigenvalue weighted by Crippen LogP contribution is -2.11. The number of benzene rings is 1. The molecule has 140 valence electrons. The normalized spacial score (nSPS) is 13.0. The third-order valence-corrected chi connectivity index (χ3v) is 6.93. The Hall–Kier alpha value is -2.48. The van der Waals surface area contributed by atoms with Gasteiger partial charge in [-0.05, 0) is 48.1 Å². The molecule has 0 bridgehead atoms. The molecule has 28 heavy (non-hydrogen) atoms. The number of nitrogen functional groups attached to an aromatic ring is 1. The quantitative estimate of drug-likeness (QED) is 0.459. The minimum Gasteiger partial charge on any atom is -0.397 e. The molecule has 3 N–H and O–H groups in total. The molecule has 0 unspecified atom stereocenters. The Kier molecular flexibility index (Phi) is 4.30. The first-order valence-corrected chi connectivity index (χ1v) is 10.9. The van der Waals surface area contributed by atoms with Crippen molar-refractivity contribution in [3.8, 4) is 11.1 Å². The van der Waals surface area contributed by atoms with E-state index in [4.69, 9.17) is 22.3 Å². The van der Waals surface area contributed by atoms with Gasteiger partial charge in [-0.15, -0.1) is 22.7 Å². The van der Waals surface area contributed by atoms with E-state index in [0.29, 0.717) is 20.7 Å². The fourth-order valence-electron chi connectivity index (χ4n) is 3.69. The summed E-state index contributed by atoms with van der Waals surface area (Å²) in [6.45, 7) is 0. The molecule has 1 aliphatic carbocycles. The van der Waals surface area contributed by atoms with Gasteiger partial charge in [-0.2, -0.15) is 0 Å². The van der Waals surface area contributed by atoms with Gasteiger partial charge in [0.05, 0.1) is 5.69 Å². The van der Waals surface area contributed by atoms with Crippen molar-refractivity contribution in [2.75, 3.05) is 11.1 Å². The number of nitrogens with two attached hydrogens (primary N) is 1. The van der Waals surface area contributed by atoms with Gasteiger partial charge in [-0.1, -0.05) is 23.7 Å². The van der Waals surface area contributed by atoms with Gasteiger partial charge in [0.1, 0.15) is 9.71 Å². The lowest BCUT2D eigenvalue weighted by atomic mass is 9.96. The number of halogens is 1. The minimum atomic E-state index is -0.252. The van der Waals surface area contributed by atoms with Gasteiger partial charge in [-0.3, -0.25) is 10.1 Å². The van der Waals surface area contributed by atoms with Crippen LogP contribution in [0.3, 0.4) is 0 Å². The molecule has 1 amide bonds. The van der Waals surface area contributed by atoms with E-state index in [-0.39, 0.29) is 5.91 Å². The fourth-order valence-corrected chi connectivity index (χ4v) is 5.36. The summed E-state index contributed by atoms with van der Waals surface area (Å²) in [5, 5.41) is 6.73. The maximum Gasteiger partial charge on any atom is 0.269 e. The molecule has 8 heteroatoms. The Balaban J connectivity index is 1.70. The van der Waals surface area contributed by atoms with E-state index in [1.165, 1.54) is 28.2 Å². The predicted molar refractivity (Wildman–Crippen MR) is 117 cm³/mol. The van der Waals surface area contributed by atoms with Crippen LogP contribution in [0.1, 0.15) is 27.3 Å². The standard InChI is InChI=1S/C20H15ClN4OS2/c21-11-6-4-10(5-7-11)14-12-2-1-3-13(12)24-19-15(14)16(22)17(28-19)18(26)25-20-23-8-9-27-20/h4-9H,1-3,22H2,(H,23,25,26). The molecule has 0 atom stereocenters. The summed E-state index contributed by atoms with van der Waals surface area (Å²) < 4.78 is 0. The molecular formula is C20H15ClN4OS2. The molecular weight excluding hydrogens is 412 g/mol. The van der Waals surface area contributed by atoms with Crippen LogP contribution in [0.5, 0.6) is 0 Å². The van der Waals surface area contributed by atoms with Crippen molar-refractivity contribution in [2.24, 2.45) is 0 Å². The van der Waals surface area contributed by atoms with Crippen LogP contribution in [0, 0.1) is 0 Å². The number of hydrogen-bond donors (Lipinski definition) is 2. The Morgan fingerprint density at radius 1 is 1.21 bits per heavy atom. The van der Waals surface area contributed by atoms with Crippen LogP contribution in [0.15, 0.2) is 35.8 Å². The van der Waals surface area contributed by atoms with Gasteiger partial charge >= 0.3 is 0 Å². The van der Waals surface area contributed by atoms with Gasteiger partial charge in [0.2, 0.25) is 0 Å². The summed E-state index contributed by atoms with van der Waals surface area (Å²) in [6.07, 6.45) is 4.65. The van der Waals surface area contributed by atoms with E-state index in [2.05, 4.69) is 10.3 Å². The van der Waals surface area contributed by atoms with E-state index in [1.807, 2.05) is 29.6 Å². The van der Waals surface area contributed by atoms with Crippen LogP contribution in [0.2, 0.25) is 5.02 Å². The minimum absolute atomic E-state index is 0.252. The van der Waals surface area contributed by atoms with Crippen molar-refractivity contribution < 1.29 is 4.79 Å². The molecule has 3 aromatic heterocycles. The van der Waals surface area contributed by atoms with Crippen LogP contribution in [0.4, 0.5) is 10.8 Å². The van der Waals surface area contributed by atoms with Gasteiger partial charge in [0, 0.05) is 27.7 Å². The number of amides is 1. The number of nitrogens with one attached hydrogen (secondary N) is 1. The predicted octanol–water partition coefficient (Wildman–Crippen LogP) is 5.40. The van der Waals surface area contributed by atoms with E-state index in [0.717, 1.165) is 46.3 Å². The number of thiophene rings is 1. The van der Waals surface area contributed by atoms with Crippen LogP contribution >= 0.6 is 34.3 Å². The monoisotopic (exact) mass is 426 g/mol. The topological polar surface area (TPSA) is 80.9 Å². The maximum atomic E-state index is 12.8. The second-order valence-electron chi connectivity index (χ2n) is 6.59. The zero-order chi connectivity index (χ0) is 19.3. The highest BCUT2D eigenvalue weighted by Gasteiger charge is 2.26. The number of carbonyl (C=O) groups is 1. The second kappa shape index (κ2) is 6.84. The molecule has 0 fully saturated rings. The Morgan fingerprint density at radius 2 is 2.04 bits per heavy atom. The summed E-state index contributed by atoms with van der Waals surface area (Å²) >= 11 is 8.79. The van der Waals surface area contributed by atoms with Crippen molar-refractivity contribution in [2.45, 2.75) is 19.3 Å². The average Bonchev–Trinajstić information content (AvgIpc) is 3.42. The van der Waals surface area contributed by atoms with E-state index >= 15 is 0 Å². The number of carbonyl (C=O) groups excluding carboxylic acids is 1. The van der Waals surface area contributed by atoms with Gasteiger partial charge in [0.25, 0.3) is 5.91 Å². The molecule has 0 aliphatic heterocycles. The molecule has 1 aromatic carbocycles. The van der Waals surface area contributed by atoms with Crippen LogP contribution < -0.4 is 11.1 Å². The molecule has 5 rings (SSSR count). The third-order valence-electron chi connectivity index (χ3n) is 4.90. The zero-order valence-electron chi connectivity index (χ0n) is 14.7. The number of aryl methyl sites for hydroxylation is 1. The summed E-state index contributed by atoms with van der Waals surface area (Å²) in [6, 6.07) is 7.76. The molecule has 0 radical (unpaired) electrons. The first-order chi connectivity index (χ1) is 13.6. The lowest BCUT2D eigenvalue weighted by Gasteiger charge is -2.11. The molecule has 3 heterocycles. The molecule has 0 saturated heterocycles. The number of rotatable bonds is 3. The van der Waals surface area contributed by atoms with Crippen molar-refractivity contribution in [3.05, 3.63) is 57.0 Å². The first kappa shape index (κ1) is 17.6. The summed E-state index contributed by atoms with van der Waals surface area (Å²) in [5.41, 5.74) is 11.4. The first-order valence-electron chi connectivity index (χ1n) is 8.82. The summed E-state index contributed by atoms with van der Waals surface area (Å²) in [4.78, 5) is 23.0. The number of hydrogen-bond acceptors (Lipinski definition) is 6. The highest BCUT2D eigenvalue weighted by Crippen LogP contribution is 2.44. The van der Waals surface area contributed by atoms with E-state index in [1.54, 1.807) is 6.20 Å². The Bertz CT molecular complexity index is 1200. The lowest BCUT2D eigenvalue weighted by molar-refractivity contribution is 0.103. The second-order valence-corrected chi connectivity index (χ2v) is 8.92. The molecule has 1 aliphatic rings. The maximum absolute atomic E-state index is 12.8. The molecule has 0 saturated carbocycles. The molecule has 0 spiro atoms. The zero-order valence-corrected chi connectivity index (χ0v) is 17.0. The highest BCUT2D eigenvalue weighted by molar-refractivity contribution is 7.21. The summed E-state index contributed by atoms with van der Waals surface area (Å²) in [5.74, 6) is -0.252. The van der Waals surface area contributed by atoms with Gasteiger partial charge < -0.3 is 5.73 Å². The van der Waals surface area contributed by atoms with Crippen LogP contribution in [-0.4, -0.2) is 15.9 Å². The number of anilines is 2. The van der Waals surface area contributed by atoms with Crippen LogP contribution in [0.25, 0.3) is 21.3 Å².